The van der Waals surface area contributed by atoms with Gasteiger partial charge in [-0.15, -0.1) is 0 Å². The summed E-state index contributed by atoms with van der Waals surface area (Å²) in [4.78, 5) is 10.8. The minimum atomic E-state index is -0.0288. The second kappa shape index (κ2) is 6.77. The van der Waals surface area contributed by atoms with E-state index in [-0.39, 0.29) is 24.8 Å². The molecule has 0 heterocycles. The second-order valence-corrected chi connectivity index (χ2v) is 2.55. The first kappa shape index (κ1) is 12.3. The Morgan fingerprint density at radius 3 is 2.46 bits per heavy atom. The number of hydrogen-bond donors (Lipinski definition) is 0. The van der Waals surface area contributed by atoms with Gasteiger partial charge in [-0.3, -0.25) is 4.79 Å². The molecular formula is C10H13LiNO. The molecule has 13 heavy (non-hydrogen) atoms. The average molecular weight is 170 g/mol. The van der Waals surface area contributed by atoms with E-state index in [2.05, 4.69) is 5.32 Å². The van der Waals surface area contributed by atoms with Crippen LogP contribution in [0.25, 0.3) is 0 Å². The summed E-state index contributed by atoms with van der Waals surface area (Å²) in [6.45, 7) is 2.32. The van der Waals surface area contributed by atoms with Crippen molar-refractivity contribution >= 4 is 24.8 Å². The molecule has 0 aromatic heterocycles. The van der Waals surface area contributed by atoms with Crippen LogP contribution in [0.4, 0.5) is 0 Å². The third-order valence-electron chi connectivity index (χ3n) is 1.58. The first-order valence-electron chi connectivity index (χ1n) is 4.07. The Morgan fingerprint density at radius 1 is 1.31 bits per heavy atom. The molecule has 0 aliphatic carbocycles. The Bertz CT molecular complexity index is 248. The van der Waals surface area contributed by atoms with Gasteiger partial charge < -0.3 is 0 Å². The van der Waals surface area contributed by atoms with Crippen LogP contribution in [0.1, 0.15) is 18.9 Å². The molecule has 0 saturated carbocycles. The first-order valence-corrected chi connectivity index (χ1v) is 4.07. The van der Waals surface area contributed by atoms with Gasteiger partial charge in [-0.1, -0.05) is 37.3 Å². The van der Waals surface area contributed by atoms with Crippen molar-refractivity contribution in [1.82, 2.24) is 5.32 Å². The SMILES string of the molecule is CCC(=O)[N]Cc1ccccc1.[LiH]. The topological polar surface area (TPSA) is 31.2 Å². The normalized spacial score (nSPS) is 8.69. The zero-order chi connectivity index (χ0) is 8.81. The van der Waals surface area contributed by atoms with Crippen LogP contribution < -0.4 is 5.32 Å². The summed E-state index contributed by atoms with van der Waals surface area (Å²) in [5.74, 6) is -0.0288. The van der Waals surface area contributed by atoms with Crippen molar-refractivity contribution in [1.29, 1.82) is 0 Å². The van der Waals surface area contributed by atoms with Crippen molar-refractivity contribution in [3.8, 4) is 0 Å². The van der Waals surface area contributed by atoms with Crippen LogP contribution in [0.2, 0.25) is 0 Å². The number of benzene rings is 1. The van der Waals surface area contributed by atoms with Gasteiger partial charge in [0.05, 0.1) is 6.54 Å². The van der Waals surface area contributed by atoms with Gasteiger partial charge in [-0.25, -0.2) is 5.32 Å². The molecule has 1 aromatic rings. The molecule has 0 N–H and O–H groups in total. The van der Waals surface area contributed by atoms with E-state index in [9.17, 15) is 4.79 Å². The summed E-state index contributed by atoms with van der Waals surface area (Å²) in [7, 11) is 0. The molecule has 0 saturated heterocycles. The van der Waals surface area contributed by atoms with Crippen molar-refractivity contribution < 1.29 is 4.79 Å². The summed E-state index contributed by atoms with van der Waals surface area (Å²) in [6.07, 6.45) is 0.493. The van der Waals surface area contributed by atoms with Gasteiger partial charge in [0.1, 0.15) is 0 Å². The van der Waals surface area contributed by atoms with Crippen molar-refractivity contribution in [2.24, 2.45) is 0 Å². The van der Waals surface area contributed by atoms with Crippen molar-refractivity contribution in [2.45, 2.75) is 19.9 Å². The summed E-state index contributed by atoms with van der Waals surface area (Å²) >= 11 is 0. The molecule has 1 rings (SSSR count). The molecule has 0 aliphatic rings. The maximum atomic E-state index is 10.8. The third-order valence-corrected chi connectivity index (χ3v) is 1.58. The predicted octanol–water partition coefficient (Wildman–Crippen LogP) is 1.08. The van der Waals surface area contributed by atoms with Gasteiger partial charge in [0.2, 0.25) is 5.91 Å². The fourth-order valence-electron chi connectivity index (χ4n) is 0.875. The van der Waals surface area contributed by atoms with Crippen molar-refractivity contribution in [3.05, 3.63) is 35.9 Å². The molecule has 0 spiro atoms. The molecular weight excluding hydrogens is 157 g/mol. The van der Waals surface area contributed by atoms with Crippen molar-refractivity contribution in [2.75, 3.05) is 0 Å². The molecule has 0 fully saturated rings. The fraction of sp³-hybridized carbons (Fsp3) is 0.300. The standard InChI is InChI=1S/C10H12NO.Li.H/c1-2-10(12)11-8-9-6-4-3-5-7-9;;/h3-7H,2,8H2,1H3;;. The van der Waals surface area contributed by atoms with Crippen LogP contribution in [-0.2, 0) is 11.3 Å². The zero-order valence-electron chi connectivity index (χ0n) is 7.16. The third kappa shape index (κ3) is 4.77. The van der Waals surface area contributed by atoms with E-state index < -0.39 is 0 Å². The summed E-state index contributed by atoms with van der Waals surface area (Å²) in [5, 5.41) is 3.87. The zero-order valence-corrected chi connectivity index (χ0v) is 7.16. The fourth-order valence-corrected chi connectivity index (χ4v) is 0.875. The van der Waals surface area contributed by atoms with Gasteiger partial charge in [0, 0.05) is 6.42 Å². The van der Waals surface area contributed by atoms with E-state index in [1.54, 1.807) is 0 Å². The number of nitrogens with zero attached hydrogens (tertiary/aromatic N) is 1. The molecule has 1 amide bonds. The Labute approximate surface area is 90.9 Å². The van der Waals surface area contributed by atoms with E-state index in [0.717, 1.165) is 5.56 Å². The number of rotatable bonds is 3. The molecule has 2 nitrogen and oxygen atoms in total. The van der Waals surface area contributed by atoms with Gasteiger partial charge >= 0.3 is 18.9 Å². The molecule has 3 heteroatoms. The van der Waals surface area contributed by atoms with E-state index in [1.165, 1.54) is 0 Å². The van der Waals surface area contributed by atoms with Gasteiger partial charge in [-0.2, -0.15) is 0 Å². The molecule has 0 bridgehead atoms. The van der Waals surface area contributed by atoms with Crippen LogP contribution >= 0.6 is 0 Å². The van der Waals surface area contributed by atoms with E-state index in [4.69, 9.17) is 0 Å². The van der Waals surface area contributed by atoms with Crippen LogP contribution in [-0.4, -0.2) is 24.8 Å². The van der Waals surface area contributed by atoms with E-state index in [1.807, 2.05) is 37.3 Å². The summed E-state index contributed by atoms with van der Waals surface area (Å²) in [5.41, 5.74) is 1.08. The predicted molar refractivity (Wildman–Crippen MR) is 54.7 cm³/mol. The molecule has 0 aliphatic heterocycles. The van der Waals surface area contributed by atoms with Crippen LogP contribution in [0, 0.1) is 0 Å². The quantitative estimate of drug-likeness (QED) is 0.624. The molecule has 1 aromatic carbocycles. The summed E-state index contributed by atoms with van der Waals surface area (Å²) < 4.78 is 0. The Hall–Kier alpha value is -0.713. The minimum absolute atomic E-state index is 0. The number of amides is 1. The Balaban J connectivity index is 0.00000144. The molecule has 65 valence electrons. The van der Waals surface area contributed by atoms with E-state index in [0.29, 0.717) is 13.0 Å². The Morgan fingerprint density at radius 2 is 1.92 bits per heavy atom. The van der Waals surface area contributed by atoms with Crippen LogP contribution in [0.5, 0.6) is 0 Å². The first-order chi connectivity index (χ1) is 5.83. The monoisotopic (exact) mass is 170 g/mol. The van der Waals surface area contributed by atoms with Crippen LogP contribution in [0.15, 0.2) is 30.3 Å². The number of carbonyl (C=O) groups is 1. The van der Waals surface area contributed by atoms with Gasteiger partial charge in [0.25, 0.3) is 0 Å². The number of carbonyl (C=O) groups excluding carboxylic acids is 1. The average Bonchev–Trinajstić information content (AvgIpc) is 2.16. The van der Waals surface area contributed by atoms with Crippen LogP contribution in [0.3, 0.4) is 0 Å². The van der Waals surface area contributed by atoms with Gasteiger partial charge in [0.15, 0.2) is 0 Å². The molecule has 0 atom stereocenters. The Kier molecular flexibility index (Phi) is 6.40. The maximum absolute atomic E-state index is 10.8. The van der Waals surface area contributed by atoms with Crippen molar-refractivity contribution in [3.63, 3.8) is 0 Å². The second-order valence-electron chi connectivity index (χ2n) is 2.55. The van der Waals surface area contributed by atoms with E-state index >= 15 is 0 Å². The van der Waals surface area contributed by atoms with Gasteiger partial charge in [-0.05, 0) is 5.56 Å². The summed E-state index contributed by atoms with van der Waals surface area (Å²) in [6, 6.07) is 9.77. The molecule has 1 radical (unpaired) electrons. The molecule has 0 unspecified atom stereocenters. The number of hydrogen-bond acceptors (Lipinski definition) is 1.